The average Bonchev–Trinajstić information content (AvgIpc) is 2.76. The van der Waals surface area contributed by atoms with Crippen molar-refractivity contribution in [3.8, 4) is 0 Å². The summed E-state index contributed by atoms with van der Waals surface area (Å²) in [5.41, 5.74) is 1.15. The van der Waals surface area contributed by atoms with Crippen molar-refractivity contribution in [2.24, 2.45) is 0 Å². The highest BCUT2D eigenvalue weighted by Crippen LogP contribution is 2.17. The molecule has 1 heterocycles. The third-order valence-corrected chi connectivity index (χ3v) is 3.48. The van der Waals surface area contributed by atoms with Crippen LogP contribution in [-0.4, -0.2) is 30.4 Å². The molecule has 0 bridgehead atoms. The van der Waals surface area contributed by atoms with E-state index in [2.05, 4.69) is 10.2 Å². The smallest absolute Gasteiger partial charge is 0.237 e. The van der Waals surface area contributed by atoms with Crippen LogP contribution in [0.15, 0.2) is 30.3 Å². The van der Waals surface area contributed by atoms with Crippen molar-refractivity contribution in [2.75, 3.05) is 13.6 Å². The first-order valence-electron chi connectivity index (χ1n) is 6.24. The van der Waals surface area contributed by atoms with E-state index >= 15 is 0 Å². The Morgan fingerprint density at radius 1 is 1.41 bits per heavy atom. The summed E-state index contributed by atoms with van der Waals surface area (Å²) in [6.45, 7) is 3.06. The van der Waals surface area contributed by atoms with Gasteiger partial charge in [-0.25, -0.2) is 0 Å². The Bertz CT molecular complexity index is 377. The molecule has 2 rings (SSSR count). The van der Waals surface area contributed by atoms with E-state index in [-0.39, 0.29) is 18.0 Å². The van der Waals surface area contributed by atoms with E-state index in [0.717, 1.165) is 24.9 Å². The molecule has 3 heteroatoms. The van der Waals surface area contributed by atoms with Crippen molar-refractivity contribution < 1.29 is 4.79 Å². The molecule has 1 N–H and O–H groups in total. The van der Waals surface area contributed by atoms with Crippen LogP contribution in [0.5, 0.6) is 0 Å². The van der Waals surface area contributed by atoms with Crippen molar-refractivity contribution in [3.05, 3.63) is 35.9 Å². The average molecular weight is 232 g/mol. The number of rotatable bonds is 3. The maximum atomic E-state index is 12.1. The molecule has 0 aliphatic carbocycles. The summed E-state index contributed by atoms with van der Waals surface area (Å²) in [5, 5.41) is 3.09. The van der Waals surface area contributed by atoms with Crippen LogP contribution in [0, 0.1) is 0 Å². The third-order valence-electron chi connectivity index (χ3n) is 3.48. The molecule has 1 aliphatic heterocycles. The second-order valence-electron chi connectivity index (χ2n) is 4.78. The number of likely N-dealkylation sites (N-methyl/N-ethyl adjacent to an activating group) is 1. The lowest BCUT2D eigenvalue weighted by Crippen LogP contribution is -2.42. The van der Waals surface area contributed by atoms with Crippen molar-refractivity contribution in [2.45, 2.75) is 31.8 Å². The van der Waals surface area contributed by atoms with Gasteiger partial charge in [-0.3, -0.25) is 9.69 Å². The minimum Gasteiger partial charge on any atom is -0.348 e. The standard InChI is InChI=1S/C14H20N2O/c1-11(12-7-4-3-5-8-12)15-14(17)13-9-6-10-16(13)2/h3-5,7-8,11,13H,6,9-10H2,1-2H3,(H,15,17)/t11?,13-/m1/s1. The normalized spacial score (nSPS) is 22.4. The molecule has 17 heavy (non-hydrogen) atoms. The van der Waals surface area contributed by atoms with Gasteiger partial charge in [0.1, 0.15) is 0 Å². The second kappa shape index (κ2) is 5.32. The van der Waals surface area contributed by atoms with E-state index in [1.54, 1.807) is 0 Å². The number of benzene rings is 1. The zero-order valence-corrected chi connectivity index (χ0v) is 10.5. The van der Waals surface area contributed by atoms with Crippen LogP contribution in [-0.2, 0) is 4.79 Å². The van der Waals surface area contributed by atoms with Gasteiger partial charge in [-0.15, -0.1) is 0 Å². The van der Waals surface area contributed by atoms with Gasteiger partial charge in [-0.2, -0.15) is 0 Å². The fourth-order valence-electron chi connectivity index (χ4n) is 2.38. The van der Waals surface area contributed by atoms with Gasteiger partial charge in [-0.1, -0.05) is 30.3 Å². The lowest BCUT2D eigenvalue weighted by Gasteiger charge is -2.22. The number of nitrogens with zero attached hydrogens (tertiary/aromatic N) is 1. The predicted molar refractivity (Wildman–Crippen MR) is 68.7 cm³/mol. The molecule has 1 amide bonds. The maximum Gasteiger partial charge on any atom is 0.237 e. The fraction of sp³-hybridized carbons (Fsp3) is 0.500. The first-order valence-corrected chi connectivity index (χ1v) is 6.24. The molecule has 1 aromatic rings. The summed E-state index contributed by atoms with van der Waals surface area (Å²) >= 11 is 0. The summed E-state index contributed by atoms with van der Waals surface area (Å²) < 4.78 is 0. The molecule has 0 saturated carbocycles. The Labute approximate surface area is 103 Å². The van der Waals surface area contributed by atoms with E-state index < -0.39 is 0 Å². The molecule has 1 aliphatic rings. The summed E-state index contributed by atoms with van der Waals surface area (Å²) in [4.78, 5) is 14.2. The molecule has 3 nitrogen and oxygen atoms in total. The van der Waals surface area contributed by atoms with Crippen LogP contribution in [0.3, 0.4) is 0 Å². The van der Waals surface area contributed by atoms with Crippen LogP contribution >= 0.6 is 0 Å². The van der Waals surface area contributed by atoms with Crippen LogP contribution in [0.25, 0.3) is 0 Å². The number of amides is 1. The zero-order chi connectivity index (χ0) is 12.3. The molecule has 2 atom stereocenters. The highest BCUT2D eigenvalue weighted by Gasteiger charge is 2.28. The van der Waals surface area contributed by atoms with Crippen LogP contribution in [0.4, 0.5) is 0 Å². The van der Waals surface area contributed by atoms with E-state index in [0.29, 0.717) is 0 Å². The van der Waals surface area contributed by atoms with E-state index in [9.17, 15) is 4.79 Å². The molecule has 1 unspecified atom stereocenters. The van der Waals surface area contributed by atoms with Gasteiger partial charge < -0.3 is 5.32 Å². The topological polar surface area (TPSA) is 32.3 Å². The van der Waals surface area contributed by atoms with E-state index in [4.69, 9.17) is 0 Å². The van der Waals surface area contributed by atoms with E-state index in [1.807, 2.05) is 44.3 Å². The maximum absolute atomic E-state index is 12.1. The fourth-order valence-corrected chi connectivity index (χ4v) is 2.38. The summed E-state index contributed by atoms with van der Waals surface area (Å²) in [5.74, 6) is 0.154. The first-order chi connectivity index (χ1) is 8.18. The molecule has 1 fully saturated rings. The van der Waals surface area contributed by atoms with Crippen LogP contribution < -0.4 is 5.32 Å². The van der Waals surface area contributed by atoms with Crippen LogP contribution in [0.2, 0.25) is 0 Å². The molecule has 0 radical (unpaired) electrons. The molecule has 0 aromatic heterocycles. The van der Waals surface area contributed by atoms with E-state index in [1.165, 1.54) is 0 Å². The Hall–Kier alpha value is -1.35. The van der Waals surface area contributed by atoms with Crippen molar-refractivity contribution >= 4 is 5.91 Å². The summed E-state index contributed by atoms with van der Waals surface area (Å²) in [6, 6.07) is 10.2. The van der Waals surface area contributed by atoms with Crippen molar-refractivity contribution in [3.63, 3.8) is 0 Å². The Morgan fingerprint density at radius 2 is 2.12 bits per heavy atom. The lowest BCUT2D eigenvalue weighted by molar-refractivity contribution is -0.125. The van der Waals surface area contributed by atoms with Crippen molar-refractivity contribution in [1.82, 2.24) is 10.2 Å². The number of hydrogen-bond donors (Lipinski definition) is 1. The minimum atomic E-state index is 0.0566. The van der Waals surface area contributed by atoms with Gasteiger partial charge in [0.2, 0.25) is 5.91 Å². The monoisotopic (exact) mass is 232 g/mol. The summed E-state index contributed by atoms with van der Waals surface area (Å²) in [7, 11) is 2.02. The minimum absolute atomic E-state index is 0.0566. The number of hydrogen-bond acceptors (Lipinski definition) is 2. The molecular formula is C14H20N2O. The molecule has 0 spiro atoms. The zero-order valence-electron chi connectivity index (χ0n) is 10.5. The second-order valence-corrected chi connectivity index (χ2v) is 4.78. The molecule has 1 aromatic carbocycles. The molecule has 92 valence electrons. The van der Waals surface area contributed by atoms with Gasteiger partial charge in [0, 0.05) is 0 Å². The highest BCUT2D eigenvalue weighted by molar-refractivity contribution is 5.82. The number of carbonyl (C=O) groups excluding carboxylic acids is 1. The largest absolute Gasteiger partial charge is 0.348 e. The quantitative estimate of drug-likeness (QED) is 0.864. The Kier molecular flexibility index (Phi) is 3.79. The van der Waals surface area contributed by atoms with Gasteiger partial charge in [0.15, 0.2) is 0 Å². The van der Waals surface area contributed by atoms with Gasteiger partial charge in [0.05, 0.1) is 12.1 Å². The predicted octanol–water partition coefficient (Wildman–Crippen LogP) is 1.96. The lowest BCUT2D eigenvalue weighted by atomic mass is 10.1. The molecular weight excluding hydrogens is 212 g/mol. The van der Waals surface area contributed by atoms with Gasteiger partial charge in [0.25, 0.3) is 0 Å². The van der Waals surface area contributed by atoms with Crippen molar-refractivity contribution in [1.29, 1.82) is 0 Å². The first kappa shape index (κ1) is 12.1. The number of likely N-dealkylation sites (tertiary alicyclic amines) is 1. The van der Waals surface area contributed by atoms with Gasteiger partial charge in [-0.05, 0) is 38.9 Å². The van der Waals surface area contributed by atoms with Crippen LogP contribution in [0.1, 0.15) is 31.4 Å². The number of nitrogens with one attached hydrogen (secondary N) is 1. The van der Waals surface area contributed by atoms with Gasteiger partial charge >= 0.3 is 0 Å². The highest BCUT2D eigenvalue weighted by atomic mass is 16.2. The Balaban J connectivity index is 1.95. The third kappa shape index (κ3) is 2.86. The number of carbonyl (C=O) groups is 1. The summed E-state index contributed by atoms with van der Waals surface area (Å²) in [6.07, 6.45) is 2.10. The molecule has 1 saturated heterocycles. The SMILES string of the molecule is CC(NC(=O)[C@H]1CCCN1C)c1ccccc1. The Morgan fingerprint density at radius 3 is 2.71 bits per heavy atom.